The molecule has 0 saturated carbocycles. The summed E-state index contributed by atoms with van der Waals surface area (Å²) in [5.74, 6) is 0.862. The maximum Gasteiger partial charge on any atom is 0.317 e. The normalized spacial score (nSPS) is 14.8. The molecule has 0 aromatic heterocycles. The van der Waals surface area contributed by atoms with Gasteiger partial charge in [-0.15, -0.1) is 0 Å². The molecule has 1 heterocycles. The standard InChI is InChI=1S/C20H31N3O3/c1-5-8-21-20(25)23-10-7-9-22(11-12-23)19(24)17-13-16(4)18(26-6-2)14-15(17)3/h13-14H,5-12H2,1-4H3,(H,21,25). The van der Waals surface area contributed by atoms with Crippen LogP contribution in [0.3, 0.4) is 0 Å². The number of carbonyl (C=O) groups excluding carboxylic acids is 2. The second-order valence-electron chi connectivity index (χ2n) is 6.73. The molecular formula is C20H31N3O3. The Morgan fingerprint density at radius 2 is 1.73 bits per heavy atom. The number of hydrogen-bond acceptors (Lipinski definition) is 3. The Labute approximate surface area is 156 Å². The molecule has 2 rings (SSSR count). The molecule has 3 amide bonds. The predicted molar refractivity (Wildman–Crippen MR) is 103 cm³/mol. The van der Waals surface area contributed by atoms with Crippen LogP contribution >= 0.6 is 0 Å². The molecule has 1 aliphatic rings. The van der Waals surface area contributed by atoms with Crippen LogP contribution in [-0.4, -0.2) is 61.1 Å². The lowest BCUT2D eigenvalue weighted by molar-refractivity contribution is 0.0761. The third kappa shape index (κ3) is 4.90. The van der Waals surface area contributed by atoms with E-state index >= 15 is 0 Å². The van der Waals surface area contributed by atoms with Crippen LogP contribution in [0.25, 0.3) is 0 Å². The first-order valence-electron chi connectivity index (χ1n) is 9.54. The van der Waals surface area contributed by atoms with E-state index in [9.17, 15) is 9.59 Å². The van der Waals surface area contributed by atoms with Crippen LogP contribution in [0, 0.1) is 13.8 Å². The third-order valence-electron chi connectivity index (χ3n) is 4.65. The minimum atomic E-state index is -0.0331. The van der Waals surface area contributed by atoms with E-state index in [0.29, 0.717) is 39.3 Å². The summed E-state index contributed by atoms with van der Waals surface area (Å²) in [6, 6.07) is 3.82. The highest BCUT2D eigenvalue weighted by Crippen LogP contribution is 2.24. The summed E-state index contributed by atoms with van der Waals surface area (Å²) in [6.45, 7) is 11.7. The Morgan fingerprint density at radius 3 is 2.42 bits per heavy atom. The summed E-state index contributed by atoms with van der Waals surface area (Å²) < 4.78 is 5.61. The maximum absolute atomic E-state index is 13.0. The van der Waals surface area contributed by atoms with Crippen LogP contribution in [0.1, 0.15) is 48.2 Å². The molecule has 1 N–H and O–H groups in total. The molecule has 0 aliphatic carbocycles. The van der Waals surface area contributed by atoms with E-state index in [1.54, 1.807) is 4.90 Å². The number of nitrogens with zero attached hydrogens (tertiary/aromatic N) is 2. The lowest BCUT2D eigenvalue weighted by Gasteiger charge is -2.23. The minimum Gasteiger partial charge on any atom is -0.494 e. The molecule has 0 atom stereocenters. The molecule has 144 valence electrons. The topological polar surface area (TPSA) is 61.9 Å². The average molecular weight is 361 g/mol. The molecule has 0 unspecified atom stereocenters. The lowest BCUT2D eigenvalue weighted by Crippen LogP contribution is -2.42. The zero-order chi connectivity index (χ0) is 19.1. The van der Waals surface area contributed by atoms with Crippen molar-refractivity contribution >= 4 is 11.9 Å². The molecule has 1 fully saturated rings. The van der Waals surface area contributed by atoms with Gasteiger partial charge >= 0.3 is 6.03 Å². The maximum atomic E-state index is 13.0. The van der Waals surface area contributed by atoms with Crippen molar-refractivity contribution in [2.75, 3.05) is 39.3 Å². The molecule has 1 aromatic carbocycles. The number of amides is 3. The van der Waals surface area contributed by atoms with Gasteiger partial charge in [-0.3, -0.25) is 4.79 Å². The fourth-order valence-corrected chi connectivity index (χ4v) is 3.17. The summed E-state index contributed by atoms with van der Waals surface area (Å²) >= 11 is 0. The number of ether oxygens (including phenoxy) is 1. The number of aryl methyl sites for hydroxylation is 2. The molecule has 26 heavy (non-hydrogen) atoms. The second-order valence-corrected chi connectivity index (χ2v) is 6.73. The van der Waals surface area contributed by atoms with Gasteiger partial charge in [0.25, 0.3) is 5.91 Å². The number of hydrogen-bond donors (Lipinski definition) is 1. The van der Waals surface area contributed by atoms with Crippen molar-refractivity contribution < 1.29 is 14.3 Å². The van der Waals surface area contributed by atoms with Crippen LogP contribution < -0.4 is 10.1 Å². The Bertz CT molecular complexity index is 645. The SMILES string of the molecule is CCCNC(=O)N1CCCN(C(=O)c2cc(C)c(OCC)cc2C)CC1. The van der Waals surface area contributed by atoms with Gasteiger partial charge in [-0.25, -0.2) is 4.79 Å². The van der Waals surface area contributed by atoms with Gasteiger partial charge in [-0.1, -0.05) is 6.92 Å². The summed E-state index contributed by atoms with van der Waals surface area (Å²) in [6.07, 6.45) is 1.71. The lowest BCUT2D eigenvalue weighted by atomic mass is 10.0. The van der Waals surface area contributed by atoms with Gasteiger partial charge in [0.15, 0.2) is 0 Å². The van der Waals surface area contributed by atoms with Crippen LogP contribution in [-0.2, 0) is 0 Å². The molecule has 6 nitrogen and oxygen atoms in total. The van der Waals surface area contributed by atoms with Crippen LogP contribution in [0.15, 0.2) is 12.1 Å². The van der Waals surface area contributed by atoms with Gasteiger partial charge in [-0.05, 0) is 56.9 Å². The highest BCUT2D eigenvalue weighted by molar-refractivity contribution is 5.96. The van der Waals surface area contributed by atoms with Crippen molar-refractivity contribution in [3.63, 3.8) is 0 Å². The van der Waals surface area contributed by atoms with Gasteiger partial charge in [0.2, 0.25) is 0 Å². The van der Waals surface area contributed by atoms with Crippen molar-refractivity contribution in [2.24, 2.45) is 0 Å². The third-order valence-corrected chi connectivity index (χ3v) is 4.65. The fraction of sp³-hybridized carbons (Fsp3) is 0.600. The smallest absolute Gasteiger partial charge is 0.317 e. The Hall–Kier alpha value is -2.24. The zero-order valence-corrected chi connectivity index (χ0v) is 16.4. The van der Waals surface area contributed by atoms with Crippen molar-refractivity contribution in [3.8, 4) is 5.75 Å². The summed E-state index contributed by atoms with van der Waals surface area (Å²) in [4.78, 5) is 28.8. The molecule has 6 heteroatoms. The van der Waals surface area contributed by atoms with Crippen LogP contribution in [0.2, 0.25) is 0 Å². The number of carbonyl (C=O) groups is 2. The quantitative estimate of drug-likeness (QED) is 0.877. The van der Waals surface area contributed by atoms with E-state index in [-0.39, 0.29) is 11.9 Å². The number of benzene rings is 1. The largest absolute Gasteiger partial charge is 0.494 e. The van der Waals surface area contributed by atoms with E-state index in [0.717, 1.165) is 35.3 Å². The Kier molecular flexibility index (Phi) is 7.30. The van der Waals surface area contributed by atoms with Gasteiger partial charge in [0, 0.05) is 38.3 Å². The first kappa shape index (κ1) is 20.1. The van der Waals surface area contributed by atoms with E-state index in [1.807, 2.05) is 44.7 Å². The number of rotatable bonds is 5. The van der Waals surface area contributed by atoms with Crippen LogP contribution in [0.5, 0.6) is 5.75 Å². The van der Waals surface area contributed by atoms with E-state index in [1.165, 1.54) is 0 Å². The van der Waals surface area contributed by atoms with Crippen LogP contribution in [0.4, 0.5) is 4.79 Å². The number of urea groups is 1. The van der Waals surface area contributed by atoms with E-state index < -0.39 is 0 Å². The van der Waals surface area contributed by atoms with Gasteiger partial charge in [0.1, 0.15) is 5.75 Å². The molecule has 1 saturated heterocycles. The zero-order valence-electron chi connectivity index (χ0n) is 16.4. The highest BCUT2D eigenvalue weighted by atomic mass is 16.5. The van der Waals surface area contributed by atoms with Crippen molar-refractivity contribution in [3.05, 3.63) is 28.8 Å². The van der Waals surface area contributed by atoms with Gasteiger partial charge < -0.3 is 19.9 Å². The minimum absolute atomic E-state index is 0.0319. The second kappa shape index (κ2) is 9.46. The Balaban J connectivity index is 2.06. The first-order chi connectivity index (χ1) is 12.5. The summed E-state index contributed by atoms with van der Waals surface area (Å²) in [5.41, 5.74) is 2.61. The fourth-order valence-electron chi connectivity index (χ4n) is 3.17. The highest BCUT2D eigenvalue weighted by Gasteiger charge is 2.24. The molecule has 0 bridgehead atoms. The van der Waals surface area contributed by atoms with Crippen molar-refractivity contribution in [1.82, 2.24) is 15.1 Å². The Morgan fingerprint density at radius 1 is 1.04 bits per heavy atom. The first-order valence-corrected chi connectivity index (χ1v) is 9.54. The molecule has 1 aromatic rings. The molecular weight excluding hydrogens is 330 g/mol. The van der Waals surface area contributed by atoms with Gasteiger partial charge in [-0.2, -0.15) is 0 Å². The molecule has 1 aliphatic heterocycles. The average Bonchev–Trinajstić information content (AvgIpc) is 2.88. The van der Waals surface area contributed by atoms with Crippen molar-refractivity contribution in [2.45, 2.75) is 40.5 Å². The van der Waals surface area contributed by atoms with Crippen molar-refractivity contribution in [1.29, 1.82) is 0 Å². The molecule has 0 spiro atoms. The van der Waals surface area contributed by atoms with E-state index in [4.69, 9.17) is 4.74 Å². The molecule has 0 radical (unpaired) electrons. The van der Waals surface area contributed by atoms with E-state index in [2.05, 4.69) is 5.32 Å². The summed E-state index contributed by atoms with van der Waals surface area (Å²) in [7, 11) is 0. The predicted octanol–water partition coefficient (Wildman–Crippen LogP) is 2.97. The number of nitrogens with one attached hydrogen (secondary N) is 1. The summed E-state index contributed by atoms with van der Waals surface area (Å²) in [5, 5.41) is 2.91. The monoisotopic (exact) mass is 361 g/mol. The van der Waals surface area contributed by atoms with Gasteiger partial charge in [0.05, 0.1) is 6.61 Å².